The topological polar surface area (TPSA) is 89.3 Å². The van der Waals surface area contributed by atoms with Crippen LogP contribution in [0.1, 0.15) is 23.2 Å². The largest absolute Gasteiger partial charge is 0.494 e. The van der Waals surface area contributed by atoms with E-state index in [0.717, 1.165) is 17.0 Å². The highest BCUT2D eigenvalue weighted by molar-refractivity contribution is 6.05. The lowest BCUT2D eigenvalue weighted by Gasteiger charge is -2.12. The molecule has 156 valence electrons. The van der Waals surface area contributed by atoms with E-state index in [9.17, 15) is 4.79 Å². The van der Waals surface area contributed by atoms with Crippen LogP contribution < -0.4 is 15.4 Å². The van der Waals surface area contributed by atoms with Gasteiger partial charge in [-0.25, -0.2) is 0 Å². The fourth-order valence-electron chi connectivity index (χ4n) is 3.01. The summed E-state index contributed by atoms with van der Waals surface area (Å²) in [5, 5.41) is 10.2. The van der Waals surface area contributed by atoms with Crippen LogP contribution in [-0.2, 0) is 6.54 Å². The fraction of sp³-hybridized carbons (Fsp3) is 0.125. The first-order valence-corrected chi connectivity index (χ1v) is 9.98. The zero-order valence-electron chi connectivity index (χ0n) is 17.0. The third kappa shape index (κ3) is 5.08. The lowest BCUT2D eigenvalue weighted by Crippen LogP contribution is -2.13. The number of hydrogen-bond acceptors (Lipinski definition) is 6. The standard InChI is InChI=1S/C24H22N4O3/c1-2-30-19-14-12-17(13-15-19)23-27-22(31-28-23)16-25-20-10-6-7-11-21(20)26-24(29)18-8-4-3-5-9-18/h3-15,25H,2,16H2,1H3,(H,26,29). The van der Waals surface area contributed by atoms with Crippen LogP contribution in [0.25, 0.3) is 11.4 Å². The zero-order valence-corrected chi connectivity index (χ0v) is 17.0. The molecule has 0 fully saturated rings. The van der Waals surface area contributed by atoms with Crippen molar-refractivity contribution in [2.45, 2.75) is 13.5 Å². The molecule has 7 heteroatoms. The van der Waals surface area contributed by atoms with E-state index in [0.29, 0.717) is 36.1 Å². The van der Waals surface area contributed by atoms with Crippen LogP contribution in [0.3, 0.4) is 0 Å². The van der Waals surface area contributed by atoms with Crippen LogP contribution in [0.5, 0.6) is 5.75 Å². The number of nitrogens with one attached hydrogen (secondary N) is 2. The summed E-state index contributed by atoms with van der Waals surface area (Å²) in [5.74, 6) is 1.56. The van der Waals surface area contributed by atoms with Crippen molar-refractivity contribution < 1.29 is 14.1 Å². The molecular formula is C24H22N4O3. The fourth-order valence-corrected chi connectivity index (χ4v) is 3.01. The maximum absolute atomic E-state index is 12.5. The maximum atomic E-state index is 12.5. The summed E-state index contributed by atoms with van der Waals surface area (Å²) >= 11 is 0. The Morgan fingerprint density at radius 1 is 0.935 bits per heavy atom. The molecule has 0 saturated heterocycles. The Morgan fingerprint density at radius 2 is 1.65 bits per heavy atom. The first-order chi connectivity index (χ1) is 15.2. The summed E-state index contributed by atoms with van der Waals surface area (Å²) in [6, 6.07) is 24.1. The average Bonchev–Trinajstić information content (AvgIpc) is 3.29. The van der Waals surface area contributed by atoms with Gasteiger partial charge in [0.15, 0.2) is 0 Å². The molecule has 1 aromatic heterocycles. The number of anilines is 2. The van der Waals surface area contributed by atoms with Gasteiger partial charge in [-0.15, -0.1) is 0 Å². The molecule has 1 amide bonds. The van der Waals surface area contributed by atoms with Gasteiger partial charge in [-0.05, 0) is 55.5 Å². The number of para-hydroxylation sites is 2. The number of benzene rings is 3. The van der Waals surface area contributed by atoms with Crippen LogP contribution in [0.4, 0.5) is 11.4 Å². The average molecular weight is 414 g/mol. The maximum Gasteiger partial charge on any atom is 0.255 e. The summed E-state index contributed by atoms with van der Waals surface area (Å²) in [5.41, 5.74) is 2.86. The summed E-state index contributed by atoms with van der Waals surface area (Å²) in [6.45, 7) is 2.88. The van der Waals surface area contributed by atoms with Gasteiger partial charge in [0.1, 0.15) is 5.75 Å². The smallest absolute Gasteiger partial charge is 0.255 e. The monoisotopic (exact) mass is 414 g/mol. The van der Waals surface area contributed by atoms with Crippen molar-refractivity contribution in [3.8, 4) is 17.1 Å². The summed E-state index contributed by atoms with van der Waals surface area (Å²) in [6.07, 6.45) is 0. The second kappa shape index (κ2) is 9.58. The highest BCUT2D eigenvalue weighted by atomic mass is 16.5. The molecule has 0 saturated carbocycles. The predicted octanol–water partition coefficient (Wildman–Crippen LogP) is 5.00. The van der Waals surface area contributed by atoms with Gasteiger partial charge in [0.05, 0.1) is 24.5 Å². The van der Waals surface area contributed by atoms with Crippen LogP contribution >= 0.6 is 0 Å². The van der Waals surface area contributed by atoms with Crippen molar-refractivity contribution in [1.82, 2.24) is 10.1 Å². The van der Waals surface area contributed by atoms with Crippen molar-refractivity contribution in [1.29, 1.82) is 0 Å². The van der Waals surface area contributed by atoms with Crippen molar-refractivity contribution in [2.75, 3.05) is 17.2 Å². The lowest BCUT2D eigenvalue weighted by molar-refractivity contribution is 0.102. The van der Waals surface area contributed by atoms with E-state index in [2.05, 4.69) is 20.8 Å². The molecule has 0 aliphatic rings. The quantitative estimate of drug-likeness (QED) is 0.422. The Labute approximate surface area is 180 Å². The molecule has 3 aromatic carbocycles. The van der Waals surface area contributed by atoms with E-state index in [1.807, 2.05) is 73.7 Å². The van der Waals surface area contributed by atoms with Gasteiger partial charge in [-0.2, -0.15) is 4.98 Å². The molecule has 0 bridgehead atoms. The number of hydrogen-bond donors (Lipinski definition) is 2. The van der Waals surface area contributed by atoms with Crippen molar-refractivity contribution in [3.63, 3.8) is 0 Å². The van der Waals surface area contributed by atoms with Crippen LogP contribution in [0.2, 0.25) is 0 Å². The zero-order chi connectivity index (χ0) is 21.5. The minimum Gasteiger partial charge on any atom is -0.494 e. The third-order valence-electron chi connectivity index (χ3n) is 4.53. The Kier molecular flexibility index (Phi) is 6.23. The van der Waals surface area contributed by atoms with E-state index in [4.69, 9.17) is 9.26 Å². The van der Waals surface area contributed by atoms with E-state index < -0.39 is 0 Å². The second-order valence-corrected chi connectivity index (χ2v) is 6.69. The van der Waals surface area contributed by atoms with Crippen molar-refractivity contribution in [2.24, 2.45) is 0 Å². The lowest BCUT2D eigenvalue weighted by atomic mass is 10.2. The number of nitrogens with zero attached hydrogens (tertiary/aromatic N) is 2. The number of amides is 1. The first kappa shape index (κ1) is 20.2. The second-order valence-electron chi connectivity index (χ2n) is 6.69. The van der Waals surface area contributed by atoms with Gasteiger partial charge in [0.2, 0.25) is 11.7 Å². The molecule has 31 heavy (non-hydrogen) atoms. The van der Waals surface area contributed by atoms with Crippen LogP contribution in [0, 0.1) is 0 Å². The molecule has 0 atom stereocenters. The van der Waals surface area contributed by atoms with Gasteiger partial charge in [0, 0.05) is 11.1 Å². The van der Waals surface area contributed by atoms with E-state index in [-0.39, 0.29) is 5.91 Å². The predicted molar refractivity (Wildman–Crippen MR) is 119 cm³/mol. The Balaban J connectivity index is 1.41. The molecule has 0 aliphatic carbocycles. The SMILES string of the molecule is CCOc1ccc(-c2noc(CNc3ccccc3NC(=O)c3ccccc3)n2)cc1. The molecule has 1 heterocycles. The Morgan fingerprint density at radius 3 is 2.39 bits per heavy atom. The van der Waals surface area contributed by atoms with E-state index >= 15 is 0 Å². The first-order valence-electron chi connectivity index (χ1n) is 9.98. The molecule has 0 unspecified atom stereocenters. The van der Waals surface area contributed by atoms with E-state index in [1.54, 1.807) is 12.1 Å². The number of carbonyl (C=O) groups is 1. The Bertz CT molecular complexity index is 1140. The molecule has 4 aromatic rings. The number of aromatic nitrogens is 2. The third-order valence-corrected chi connectivity index (χ3v) is 4.53. The van der Waals surface area contributed by atoms with Gasteiger partial charge >= 0.3 is 0 Å². The highest BCUT2D eigenvalue weighted by Crippen LogP contribution is 2.23. The molecule has 4 rings (SSSR count). The molecule has 0 spiro atoms. The normalized spacial score (nSPS) is 10.5. The summed E-state index contributed by atoms with van der Waals surface area (Å²) in [4.78, 5) is 16.9. The van der Waals surface area contributed by atoms with Crippen molar-refractivity contribution in [3.05, 3.63) is 90.3 Å². The Hall–Kier alpha value is -4.13. The van der Waals surface area contributed by atoms with E-state index in [1.165, 1.54) is 0 Å². The molecule has 0 radical (unpaired) electrons. The number of carbonyl (C=O) groups excluding carboxylic acids is 1. The van der Waals surface area contributed by atoms with Gasteiger partial charge in [-0.1, -0.05) is 35.5 Å². The van der Waals surface area contributed by atoms with Crippen molar-refractivity contribution >= 4 is 17.3 Å². The minimum atomic E-state index is -0.176. The molecule has 2 N–H and O–H groups in total. The summed E-state index contributed by atoms with van der Waals surface area (Å²) in [7, 11) is 0. The number of rotatable bonds is 8. The van der Waals surface area contributed by atoms with Gasteiger partial charge in [0.25, 0.3) is 5.91 Å². The highest BCUT2D eigenvalue weighted by Gasteiger charge is 2.11. The molecular weight excluding hydrogens is 392 g/mol. The molecule has 0 aliphatic heterocycles. The summed E-state index contributed by atoms with van der Waals surface area (Å²) < 4.78 is 10.8. The van der Waals surface area contributed by atoms with Gasteiger partial charge in [-0.3, -0.25) is 4.79 Å². The number of ether oxygens (including phenoxy) is 1. The van der Waals surface area contributed by atoms with Crippen LogP contribution in [-0.4, -0.2) is 22.7 Å². The minimum absolute atomic E-state index is 0.176. The van der Waals surface area contributed by atoms with Crippen LogP contribution in [0.15, 0.2) is 83.4 Å². The van der Waals surface area contributed by atoms with Gasteiger partial charge < -0.3 is 19.9 Å². The molecule has 7 nitrogen and oxygen atoms in total.